The Bertz CT molecular complexity index is 458. The second kappa shape index (κ2) is 5.90. The largest absolute Gasteiger partial charge is 0.508 e. The van der Waals surface area contributed by atoms with Crippen LogP contribution in [-0.2, 0) is 0 Å². The molecular formula is C13H20N2O4. The second-order valence-electron chi connectivity index (χ2n) is 5.12. The average molecular weight is 268 g/mol. The lowest BCUT2D eigenvalue weighted by molar-refractivity contribution is 0.0325. The molecule has 1 amide bonds. The molecule has 0 radical (unpaired) electrons. The predicted molar refractivity (Wildman–Crippen MR) is 71.3 cm³/mol. The van der Waals surface area contributed by atoms with Crippen LogP contribution in [0.25, 0.3) is 0 Å². The van der Waals surface area contributed by atoms with Gasteiger partial charge in [-0.2, -0.15) is 0 Å². The minimum Gasteiger partial charge on any atom is -0.508 e. The van der Waals surface area contributed by atoms with Gasteiger partial charge in [0.15, 0.2) is 0 Å². The molecule has 0 bridgehead atoms. The third-order valence-electron chi connectivity index (χ3n) is 2.51. The van der Waals surface area contributed by atoms with E-state index in [2.05, 4.69) is 5.32 Å². The first-order chi connectivity index (χ1) is 8.71. The number of phenols is 2. The Labute approximate surface area is 112 Å². The number of aromatic hydroxyl groups is 2. The summed E-state index contributed by atoms with van der Waals surface area (Å²) in [6.45, 7) is 2.07. The highest BCUT2D eigenvalue weighted by molar-refractivity contribution is 5.97. The zero-order valence-corrected chi connectivity index (χ0v) is 11.3. The first-order valence-corrected chi connectivity index (χ1v) is 5.88. The number of carbonyl (C=O) groups excluding carboxylic acids is 1. The molecule has 1 aromatic rings. The molecule has 6 heteroatoms. The van der Waals surface area contributed by atoms with Crippen molar-refractivity contribution >= 4 is 5.91 Å². The number of rotatable bonds is 5. The Hall–Kier alpha value is -1.79. The molecule has 1 rings (SSSR count). The normalized spacial score (nSPS) is 14.2. The van der Waals surface area contributed by atoms with Gasteiger partial charge >= 0.3 is 0 Å². The van der Waals surface area contributed by atoms with Gasteiger partial charge in [0.05, 0.1) is 11.2 Å². The van der Waals surface area contributed by atoms with Gasteiger partial charge in [0.25, 0.3) is 5.91 Å². The lowest BCUT2D eigenvalue weighted by Gasteiger charge is -2.27. The number of phenolic OH excluding ortho intramolecular Hbond substituents is 2. The maximum Gasteiger partial charge on any atom is 0.255 e. The maximum atomic E-state index is 11.8. The van der Waals surface area contributed by atoms with Gasteiger partial charge in [0.2, 0.25) is 0 Å². The van der Waals surface area contributed by atoms with Crippen molar-refractivity contribution in [1.29, 1.82) is 0 Å². The van der Waals surface area contributed by atoms with Crippen LogP contribution in [0, 0.1) is 0 Å². The Morgan fingerprint density at radius 1 is 1.37 bits per heavy atom. The van der Waals surface area contributed by atoms with Gasteiger partial charge in [0, 0.05) is 19.2 Å². The highest BCUT2D eigenvalue weighted by Crippen LogP contribution is 2.22. The van der Waals surface area contributed by atoms with Crippen molar-refractivity contribution in [2.75, 3.05) is 27.2 Å². The Morgan fingerprint density at radius 2 is 2.00 bits per heavy atom. The van der Waals surface area contributed by atoms with Crippen LogP contribution in [-0.4, -0.2) is 58.9 Å². The molecule has 4 N–H and O–H groups in total. The van der Waals surface area contributed by atoms with Crippen LogP contribution < -0.4 is 5.32 Å². The molecule has 106 valence electrons. The van der Waals surface area contributed by atoms with E-state index in [-0.39, 0.29) is 23.6 Å². The van der Waals surface area contributed by atoms with Crippen molar-refractivity contribution in [2.45, 2.75) is 12.5 Å². The fraction of sp³-hybridized carbons (Fsp3) is 0.462. The van der Waals surface area contributed by atoms with E-state index in [4.69, 9.17) is 5.11 Å². The van der Waals surface area contributed by atoms with Crippen LogP contribution in [0.3, 0.4) is 0 Å². The number of likely N-dealkylation sites (N-methyl/N-ethyl adjacent to an activating group) is 1. The minimum atomic E-state index is -1.06. The van der Waals surface area contributed by atoms with Gasteiger partial charge < -0.3 is 25.5 Å². The van der Waals surface area contributed by atoms with Gasteiger partial charge in [-0.05, 0) is 33.2 Å². The number of nitrogens with zero attached hydrogens (tertiary/aromatic N) is 1. The van der Waals surface area contributed by atoms with Crippen LogP contribution in [0.5, 0.6) is 11.5 Å². The molecule has 0 fully saturated rings. The number of carbonyl (C=O) groups is 1. The van der Waals surface area contributed by atoms with Crippen LogP contribution in [0.15, 0.2) is 18.2 Å². The first-order valence-electron chi connectivity index (χ1n) is 5.88. The molecule has 1 aromatic carbocycles. The molecule has 6 nitrogen and oxygen atoms in total. The highest BCUT2D eigenvalue weighted by atomic mass is 16.3. The fourth-order valence-electron chi connectivity index (χ4n) is 1.82. The van der Waals surface area contributed by atoms with Crippen LogP contribution in [0.1, 0.15) is 17.3 Å². The van der Waals surface area contributed by atoms with Gasteiger partial charge in [-0.25, -0.2) is 0 Å². The monoisotopic (exact) mass is 268 g/mol. The minimum absolute atomic E-state index is 0.0541. The topological polar surface area (TPSA) is 93.0 Å². The zero-order chi connectivity index (χ0) is 14.6. The maximum absolute atomic E-state index is 11.8. The SMILES string of the molecule is CN(C)CC(C)(O)CNC(=O)c1ccc(O)cc1O. The summed E-state index contributed by atoms with van der Waals surface area (Å²) in [5.74, 6) is -0.921. The third-order valence-corrected chi connectivity index (χ3v) is 2.51. The fourth-order valence-corrected chi connectivity index (χ4v) is 1.82. The van der Waals surface area contributed by atoms with Crippen LogP contribution in [0.4, 0.5) is 0 Å². The van der Waals surface area contributed by atoms with Crippen molar-refractivity contribution in [1.82, 2.24) is 10.2 Å². The lowest BCUT2D eigenvalue weighted by Crippen LogP contribution is -2.47. The van der Waals surface area contributed by atoms with Crippen LogP contribution >= 0.6 is 0 Å². The summed E-state index contributed by atoms with van der Waals surface area (Å²) in [6.07, 6.45) is 0. The third kappa shape index (κ3) is 4.76. The van der Waals surface area contributed by atoms with E-state index >= 15 is 0 Å². The summed E-state index contributed by atoms with van der Waals surface area (Å²) in [4.78, 5) is 13.6. The van der Waals surface area contributed by atoms with E-state index in [0.29, 0.717) is 6.54 Å². The van der Waals surface area contributed by atoms with Crippen molar-refractivity contribution < 1.29 is 20.1 Å². The van der Waals surface area contributed by atoms with E-state index in [1.165, 1.54) is 12.1 Å². The molecule has 1 atom stereocenters. The van der Waals surface area contributed by atoms with Crippen molar-refractivity contribution in [2.24, 2.45) is 0 Å². The molecule has 0 aromatic heterocycles. The van der Waals surface area contributed by atoms with Crippen molar-refractivity contribution in [3.05, 3.63) is 23.8 Å². The molecule has 0 aliphatic carbocycles. The molecule has 0 spiro atoms. The number of hydrogen-bond donors (Lipinski definition) is 4. The van der Waals surface area contributed by atoms with E-state index in [1.54, 1.807) is 6.92 Å². The molecule has 0 saturated heterocycles. The molecule has 0 heterocycles. The van der Waals surface area contributed by atoms with Gasteiger partial charge in [0.1, 0.15) is 11.5 Å². The predicted octanol–water partition coefficient (Wildman–Crippen LogP) is 0.140. The second-order valence-corrected chi connectivity index (χ2v) is 5.12. The first kappa shape index (κ1) is 15.3. The Morgan fingerprint density at radius 3 is 2.53 bits per heavy atom. The van der Waals surface area contributed by atoms with E-state index in [0.717, 1.165) is 6.07 Å². The molecule has 1 unspecified atom stereocenters. The summed E-state index contributed by atoms with van der Waals surface area (Å²) >= 11 is 0. The summed E-state index contributed by atoms with van der Waals surface area (Å²) in [6, 6.07) is 3.72. The van der Waals surface area contributed by atoms with E-state index in [1.807, 2.05) is 19.0 Å². The van der Waals surface area contributed by atoms with Crippen molar-refractivity contribution in [3.63, 3.8) is 0 Å². The van der Waals surface area contributed by atoms with Gasteiger partial charge in [-0.1, -0.05) is 0 Å². The Balaban J connectivity index is 2.65. The number of nitrogens with one attached hydrogen (secondary N) is 1. The summed E-state index contributed by atoms with van der Waals surface area (Å²) < 4.78 is 0. The summed E-state index contributed by atoms with van der Waals surface area (Å²) in [5.41, 5.74) is -1.01. The van der Waals surface area contributed by atoms with E-state index < -0.39 is 11.5 Å². The number of hydrogen-bond acceptors (Lipinski definition) is 5. The number of benzene rings is 1. The molecule has 19 heavy (non-hydrogen) atoms. The zero-order valence-electron chi connectivity index (χ0n) is 11.3. The van der Waals surface area contributed by atoms with Gasteiger partial charge in [-0.3, -0.25) is 4.79 Å². The number of aliphatic hydroxyl groups is 1. The highest BCUT2D eigenvalue weighted by Gasteiger charge is 2.23. The van der Waals surface area contributed by atoms with Crippen LogP contribution in [0.2, 0.25) is 0 Å². The van der Waals surface area contributed by atoms with Crippen molar-refractivity contribution in [3.8, 4) is 11.5 Å². The summed E-state index contributed by atoms with van der Waals surface area (Å²) in [5, 5.41) is 31.3. The quantitative estimate of drug-likeness (QED) is 0.609. The molecule has 0 saturated carbocycles. The summed E-state index contributed by atoms with van der Waals surface area (Å²) in [7, 11) is 3.64. The molecular weight excluding hydrogens is 248 g/mol. The lowest BCUT2D eigenvalue weighted by atomic mass is 10.1. The standard InChI is InChI=1S/C13H20N2O4/c1-13(19,8-15(2)3)7-14-12(18)10-5-4-9(16)6-11(10)17/h4-6,16-17,19H,7-8H2,1-3H3,(H,14,18). The molecule has 0 aliphatic heterocycles. The molecule has 0 aliphatic rings. The average Bonchev–Trinajstić information content (AvgIpc) is 2.24. The number of amides is 1. The van der Waals surface area contributed by atoms with Gasteiger partial charge in [-0.15, -0.1) is 0 Å². The Kier molecular flexibility index (Phi) is 4.74. The smallest absolute Gasteiger partial charge is 0.255 e. The van der Waals surface area contributed by atoms with E-state index in [9.17, 15) is 15.0 Å².